The summed E-state index contributed by atoms with van der Waals surface area (Å²) in [7, 11) is 0. The molecule has 15 heavy (non-hydrogen) atoms. The first kappa shape index (κ1) is 12.9. The van der Waals surface area contributed by atoms with Gasteiger partial charge in [-0.1, -0.05) is 13.3 Å². The van der Waals surface area contributed by atoms with Crippen LogP contribution in [0.2, 0.25) is 0 Å². The predicted octanol–water partition coefficient (Wildman–Crippen LogP) is 1.91. The maximum atomic E-state index is 5.89. The smallest absolute Gasteiger partial charge is 0.0627 e. The van der Waals surface area contributed by atoms with Crippen LogP contribution in [0.1, 0.15) is 33.6 Å². The minimum atomic E-state index is 0.0427. The van der Waals surface area contributed by atoms with Gasteiger partial charge in [0.25, 0.3) is 0 Å². The fourth-order valence-corrected chi connectivity index (χ4v) is 1.95. The molecule has 0 spiro atoms. The molecule has 0 amide bonds. The minimum Gasteiger partial charge on any atom is -0.379 e. The van der Waals surface area contributed by atoms with Gasteiger partial charge in [-0.15, -0.1) is 0 Å². The maximum Gasteiger partial charge on any atom is 0.0627 e. The van der Waals surface area contributed by atoms with E-state index in [0.717, 1.165) is 45.9 Å². The van der Waals surface area contributed by atoms with E-state index in [2.05, 4.69) is 25.7 Å². The van der Waals surface area contributed by atoms with Crippen molar-refractivity contribution in [2.24, 2.45) is 0 Å². The van der Waals surface area contributed by atoms with Crippen molar-refractivity contribution in [3.05, 3.63) is 0 Å². The molecule has 0 bridgehead atoms. The summed E-state index contributed by atoms with van der Waals surface area (Å²) in [6, 6.07) is 0. The van der Waals surface area contributed by atoms with Crippen molar-refractivity contribution in [1.82, 2.24) is 4.90 Å². The van der Waals surface area contributed by atoms with Crippen LogP contribution in [0.4, 0.5) is 0 Å². The van der Waals surface area contributed by atoms with E-state index < -0.39 is 0 Å². The Morgan fingerprint density at radius 2 is 1.93 bits per heavy atom. The lowest BCUT2D eigenvalue weighted by Crippen LogP contribution is -2.39. The molecule has 0 aromatic rings. The molecule has 1 aliphatic rings. The molecule has 0 atom stereocenters. The summed E-state index contributed by atoms with van der Waals surface area (Å²) in [5, 5.41) is 0. The Morgan fingerprint density at radius 3 is 2.53 bits per heavy atom. The van der Waals surface area contributed by atoms with Crippen LogP contribution < -0.4 is 0 Å². The number of hydrogen-bond acceptors (Lipinski definition) is 3. The second kappa shape index (κ2) is 6.46. The van der Waals surface area contributed by atoms with Crippen LogP contribution in [0.5, 0.6) is 0 Å². The quantitative estimate of drug-likeness (QED) is 0.675. The first-order valence-corrected chi connectivity index (χ1v) is 6.08. The molecule has 0 N–H and O–H groups in total. The van der Waals surface area contributed by atoms with Gasteiger partial charge in [-0.05, 0) is 20.3 Å². The summed E-state index contributed by atoms with van der Waals surface area (Å²) in [6.07, 6.45) is 2.32. The molecule has 0 aliphatic carbocycles. The molecular formula is C12H25NO2. The Balaban J connectivity index is 2.09. The highest BCUT2D eigenvalue weighted by molar-refractivity contribution is 4.68. The summed E-state index contributed by atoms with van der Waals surface area (Å²) < 4.78 is 11.2. The molecule has 1 aliphatic heterocycles. The van der Waals surface area contributed by atoms with Gasteiger partial charge in [0.05, 0.1) is 25.4 Å². The molecule has 0 unspecified atom stereocenters. The van der Waals surface area contributed by atoms with Crippen molar-refractivity contribution in [2.75, 3.05) is 39.5 Å². The third-order valence-electron chi connectivity index (χ3n) is 2.86. The highest BCUT2D eigenvalue weighted by atomic mass is 16.5. The van der Waals surface area contributed by atoms with E-state index in [0.29, 0.717) is 0 Å². The second-order valence-electron chi connectivity index (χ2n) is 4.81. The molecule has 0 aromatic carbocycles. The van der Waals surface area contributed by atoms with E-state index in [4.69, 9.17) is 9.47 Å². The van der Waals surface area contributed by atoms with Crippen molar-refractivity contribution in [2.45, 2.75) is 39.2 Å². The lowest BCUT2D eigenvalue weighted by atomic mass is 10.0. The molecule has 1 fully saturated rings. The van der Waals surface area contributed by atoms with Crippen LogP contribution in [-0.4, -0.2) is 50.0 Å². The van der Waals surface area contributed by atoms with Gasteiger partial charge in [-0.3, -0.25) is 4.90 Å². The van der Waals surface area contributed by atoms with Crippen molar-refractivity contribution in [3.8, 4) is 0 Å². The molecule has 1 saturated heterocycles. The van der Waals surface area contributed by atoms with Crippen molar-refractivity contribution in [1.29, 1.82) is 0 Å². The van der Waals surface area contributed by atoms with Gasteiger partial charge in [-0.2, -0.15) is 0 Å². The number of morpholine rings is 1. The molecule has 1 rings (SSSR count). The first-order valence-electron chi connectivity index (χ1n) is 6.08. The normalized spacial score (nSPS) is 19.4. The van der Waals surface area contributed by atoms with Gasteiger partial charge in [0, 0.05) is 19.6 Å². The molecule has 3 heteroatoms. The molecular weight excluding hydrogens is 190 g/mol. The lowest BCUT2D eigenvalue weighted by molar-refractivity contribution is -0.0429. The van der Waals surface area contributed by atoms with E-state index >= 15 is 0 Å². The van der Waals surface area contributed by atoms with Crippen LogP contribution >= 0.6 is 0 Å². The average molecular weight is 215 g/mol. The average Bonchev–Trinajstić information content (AvgIpc) is 2.19. The predicted molar refractivity (Wildman–Crippen MR) is 62.2 cm³/mol. The Morgan fingerprint density at radius 1 is 1.27 bits per heavy atom. The Bertz CT molecular complexity index is 165. The van der Waals surface area contributed by atoms with Gasteiger partial charge in [0.1, 0.15) is 0 Å². The van der Waals surface area contributed by atoms with Crippen LogP contribution in [0.3, 0.4) is 0 Å². The molecule has 0 aromatic heterocycles. The molecule has 3 nitrogen and oxygen atoms in total. The Labute approximate surface area is 93.7 Å². The minimum absolute atomic E-state index is 0.0427. The number of nitrogens with zero attached hydrogens (tertiary/aromatic N) is 1. The van der Waals surface area contributed by atoms with E-state index in [-0.39, 0.29) is 5.60 Å². The Hall–Kier alpha value is -0.120. The lowest BCUT2D eigenvalue weighted by Gasteiger charge is -2.29. The van der Waals surface area contributed by atoms with Crippen molar-refractivity contribution < 1.29 is 9.47 Å². The maximum absolute atomic E-state index is 5.89. The van der Waals surface area contributed by atoms with E-state index in [9.17, 15) is 0 Å². The largest absolute Gasteiger partial charge is 0.379 e. The third kappa shape index (κ3) is 5.50. The molecule has 90 valence electrons. The number of rotatable bonds is 6. The standard InChI is InChI=1S/C12H25NO2/c1-4-5-12(2,3)15-11-8-13-6-9-14-10-7-13/h4-11H2,1-3H3. The zero-order valence-corrected chi connectivity index (χ0v) is 10.4. The van der Waals surface area contributed by atoms with Gasteiger partial charge >= 0.3 is 0 Å². The zero-order chi connectivity index (χ0) is 11.1. The molecule has 0 radical (unpaired) electrons. The van der Waals surface area contributed by atoms with Crippen LogP contribution in [0.15, 0.2) is 0 Å². The third-order valence-corrected chi connectivity index (χ3v) is 2.86. The summed E-state index contributed by atoms with van der Waals surface area (Å²) in [5.74, 6) is 0. The van der Waals surface area contributed by atoms with E-state index in [1.807, 2.05) is 0 Å². The topological polar surface area (TPSA) is 21.7 Å². The fourth-order valence-electron chi connectivity index (χ4n) is 1.95. The SMILES string of the molecule is CCCC(C)(C)OCCN1CCOCC1. The summed E-state index contributed by atoms with van der Waals surface area (Å²) in [6.45, 7) is 12.3. The number of ether oxygens (including phenoxy) is 2. The summed E-state index contributed by atoms with van der Waals surface area (Å²) in [4.78, 5) is 2.41. The monoisotopic (exact) mass is 215 g/mol. The van der Waals surface area contributed by atoms with Gasteiger partial charge in [0.2, 0.25) is 0 Å². The highest BCUT2D eigenvalue weighted by Gasteiger charge is 2.17. The Kier molecular flexibility index (Phi) is 5.58. The summed E-state index contributed by atoms with van der Waals surface area (Å²) in [5.41, 5.74) is 0.0427. The van der Waals surface area contributed by atoms with Gasteiger partial charge in [0.15, 0.2) is 0 Å². The molecule has 1 heterocycles. The van der Waals surface area contributed by atoms with Gasteiger partial charge < -0.3 is 9.47 Å². The molecule has 0 saturated carbocycles. The van der Waals surface area contributed by atoms with Crippen LogP contribution in [0.25, 0.3) is 0 Å². The second-order valence-corrected chi connectivity index (χ2v) is 4.81. The zero-order valence-electron chi connectivity index (χ0n) is 10.4. The number of hydrogen-bond donors (Lipinski definition) is 0. The van der Waals surface area contributed by atoms with Gasteiger partial charge in [-0.25, -0.2) is 0 Å². The van der Waals surface area contributed by atoms with Crippen molar-refractivity contribution in [3.63, 3.8) is 0 Å². The fraction of sp³-hybridized carbons (Fsp3) is 1.00. The highest BCUT2D eigenvalue weighted by Crippen LogP contribution is 2.16. The van der Waals surface area contributed by atoms with E-state index in [1.165, 1.54) is 6.42 Å². The van der Waals surface area contributed by atoms with Crippen molar-refractivity contribution >= 4 is 0 Å². The van der Waals surface area contributed by atoms with Crippen LogP contribution in [0, 0.1) is 0 Å². The first-order chi connectivity index (χ1) is 7.14. The van der Waals surface area contributed by atoms with Crippen LogP contribution in [-0.2, 0) is 9.47 Å². The van der Waals surface area contributed by atoms with E-state index in [1.54, 1.807) is 0 Å². The summed E-state index contributed by atoms with van der Waals surface area (Å²) >= 11 is 0.